The van der Waals surface area contributed by atoms with Gasteiger partial charge in [-0.05, 0) is 57.2 Å². The highest BCUT2D eigenvalue weighted by Gasteiger charge is 2.26. The van der Waals surface area contributed by atoms with E-state index in [1.165, 1.54) is 13.2 Å². The molecule has 0 amide bonds. The number of ether oxygens (including phenoxy) is 1. The zero-order valence-electron chi connectivity index (χ0n) is 14.1. The number of methoxy groups -OCH3 is 1. The molecule has 4 nitrogen and oxygen atoms in total. The molecule has 2 aromatic rings. The number of benzene rings is 2. The first kappa shape index (κ1) is 20.6. The Morgan fingerprint density at radius 3 is 2.24 bits per heavy atom. The Morgan fingerprint density at radius 2 is 1.72 bits per heavy atom. The molecule has 0 unspecified atom stereocenters. The lowest BCUT2D eigenvalue weighted by atomic mass is 9.87. The van der Waals surface area contributed by atoms with Crippen LogP contribution >= 0.6 is 43.5 Å². The van der Waals surface area contributed by atoms with Gasteiger partial charge in [0.1, 0.15) is 10.6 Å². The van der Waals surface area contributed by atoms with E-state index in [0.717, 1.165) is 5.56 Å². The van der Waals surface area contributed by atoms with Crippen LogP contribution < -0.4 is 8.92 Å². The van der Waals surface area contributed by atoms with Crippen LogP contribution in [0.3, 0.4) is 0 Å². The second kappa shape index (κ2) is 7.47. The average molecular weight is 513 g/mol. The van der Waals surface area contributed by atoms with Gasteiger partial charge >= 0.3 is 10.1 Å². The van der Waals surface area contributed by atoms with Gasteiger partial charge in [0.15, 0.2) is 5.75 Å². The number of halogens is 3. The van der Waals surface area contributed by atoms with E-state index in [1.807, 2.05) is 20.8 Å². The van der Waals surface area contributed by atoms with Crippen molar-refractivity contribution >= 4 is 53.6 Å². The molecule has 0 heterocycles. The maximum atomic E-state index is 12.7. The fraction of sp³-hybridized carbons (Fsp3) is 0.294. The first-order valence-corrected chi connectivity index (χ1v) is 10.6. The van der Waals surface area contributed by atoms with Crippen molar-refractivity contribution in [3.63, 3.8) is 0 Å². The molecule has 0 aliphatic heterocycles. The highest BCUT2D eigenvalue weighted by molar-refractivity contribution is 9.10. The minimum Gasteiger partial charge on any atom is -0.495 e. The van der Waals surface area contributed by atoms with Gasteiger partial charge in [-0.25, -0.2) is 0 Å². The lowest BCUT2D eigenvalue weighted by Crippen LogP contribution is -2.14. The molecule has 0 bridgehead atoms. The van der Waals surface area contributed by atoms with Crippen molar-refractivity contribution in [2.45, 2.75) is 31.1 Å². The van der Waals surface area contributed by atoms with E-state index in [-0.39, 0.29) is 26.8 Å². The van der Waals surface area contributed by atoms with Gasteiger partial charge in [-0.1, -0.05) is 48.3 Å². The van der Waals surface area contributed by atoms with E-state index in [9.17, 15) is 8.42 Å². The van der Waals surface area contributed by atoms with Crippen molar-refractivity contribution < 1.29 is 17.3 Å². The lowest BCUT2D eigenvalue weighted by Gasteiger charge is -2.21. The smallest absolute Gasteiger partial charge is 0.343 e. The van der Waals surface area contributed by atoms with Gasteiger partial charge in [-0.3, -0.25) is 0 Å². The molecule has 0 atom stereocenters. The minimum absolute atomic E-state index is 0.0386. The summed E-state index contributed by atoms with van der Waals surface area (Å²) < 4.78 is 36.9. The molecule has 0 aromatic heterocycles. The molecule has 0 aliphatic rings. The number of rotatable bonds is 4. The second-order valence-corrected chi connectivity index (χ2v) is 10.0. The van der Waals surface area contributed by atoms with E-state index < -0.39 is 10.1 Å². The first-order valence-electron chi connectivity index (χ1n) is 7.23. The van der Waals surface area contributed by atoms with E-state index in [1.54, 1.807) is 24.3 Å². The fourth-order valence-corrected chi connectivity index (χ4v) is 4.81. The quantitative estimate of drug-likeness (QED) is 0.476. The van der Waals surface area contributed by atoms with Crippen LogP contribution in [-0.2, 0) is 15.5 Å². The van der Waals surface area contributed by atoms with E-state index >= 15 is 0 Å². The Balaban J connectivity index is 2.51. The summed E-state index contributed by atoms with van der Waals surface area (Å²) in [4.78, 5) is -0.0905. The van der Waals surface area contributed by atoms with Crippen LogP contribution in [0.15, 0.2) is 44.2 Å². The third kappa shape index (κ3) is 4.70. The fourth-order valence-electron chi connectivity index (χ4n) is 2.07. The van der Waals surface area contributed by atoms with Crippen LogP contribution in [0.5, 0.6) is 11.5 Å². The molecule has 2 rings (SSSR count). The van der Waals surface area contributed by atoms with Crippen LogP contribution in [0.2, 0.25) is 5.02 Å². The molecular formula is C17H17Br2ClO4S. The van der Waals surface area contributed by atoms with Gasteiger partial charge in [-0.2, -0.15) is 8.42 Å². The summed E-state index contributed by atoms with van der Waals surface area (Å²) in [6.07, 6.45) is 0. The summed E-state index contributed by atoms with van der Waals surface area (Å²) in [5.74, 6) is 0.221. The van der Waals surface area contributed by atoms with Crippen molar-refractivity contribution in [1.29, 1.82) is 0 Å². The van der Waals surface area contributed by atoms with Gasteiger partial charge in [0, 0.05) is 4.47 Å². The van der Waals surface area contributed by atoms with Crippen molar-refractivity contribution in [1.82, 2.24) is 0 Å². The van der Waals surface area contributed by atoms with Gasteiger partial charge in [0.2, 0.25) is 0 Å². The Labute approximate surface area is 169 Å². The second-order valence-electron chi connectivity index (χ2n) is 6.35. The molecule has 0 aliphatic carbocycles. The zero-order chi connectivity index (χ0) is 19.0. The normalized spacial score (nSPS) is 12.1. The third-order valence-electron chi connectivity index (χ3n) is 3.45. The molecule has 0 saturated heterocycles. The van der Waals surface area contributed by atoms with Crippen LogP contribution in [0.25, 0.3) is 0 Å². The molecule has 25 heavy (non-hydrogen) atoms. The summed E-state index contributed by atoms with van der Waals surface area (Å²) in [7, 11) is -2.75. The molecule has 136 valence electrons. The van der Waals surface area contributed by atoms with E-state index in [0.29, 0.717) is 8.95 Å². The van der Waals surface area contributed by atoms with Gasteiger partial charge in [-0.15, -0.1) is 0 Å². The standard InChI is InChI=1S/C17H17Br2ClO4S/c1-17(2,3)10-7-12(19)16(13(20)8-10)24-25(21,22)15-9-11(18)5-6-14(15)23-4/h5-9H,1-4H3. The molecular weight excluding hydrogens is 496 g/mol. The molecule has 2 aromatic carbocycles. The summed E-state index contributed by atoms with van der Waals surface area (Å²) in [6.45, 7) is 6.11. The van der Waals surface area contributed by atoms with Crippen LogP contribution in [0.4, 0.5) is 0 Å². The van der Waals surface area contributed by atoms with Crippen LogP contribution in [0.1, 0.15) is 26.3 Å². The summed E-state index contributed by atoms with van der Waals surface area (Å²) in [5, 5.41) is 0.205. The topological polar surface area (TPSA) is 52.6 Å². The predicted octanol–water partition coefficient (Wildman–Crippen LogP) is 5.94. The van der Waals surface area contributed by atoms with Crippen LogP contribution in [-0.4, -0.2) is 15.5 Å². The highest BCUT2D eigenvalue weighted by Crippen LogP contribution is 2.40. The largest absolute Gasteiger partial charge is 0.495 e. The zero-order valence-corrected chi connectivity index (χ0v) is 18.8. The predicted molar refractivity (Wildman–Crippen MR) is 106 cm³/mol. The molecule has 8 heteroatoms. The summed E-state index contributed by atoms with van der Waals surface area (Å²) in [5.41, 5.74) is 0.811. The van der Waals surface area contributed by atoms with E-state index in [2.05, 4.69) is 31.9 Å². The molecule has 0 N–H and O–H groups in total. The molecule has 0 radical (unpaired) electrons. The monoisotopic (exact) mass is 510 g/mol. The lowest BCUT2D eigenvalue weighted by molar-refractivity contribution is 0.398. The van der Waals surface area contributed by atoms with Gasteiger partial charge < -0.3 is 8.92 Å². The van der Waals surface area contributed by atoms with Crippen molar-refractivity contribution in [3.05, 3.63) is 49.9 Å². The van der Waals surface area contributed by atoms with Crippen molar-refractivity contribution in [2.75, 3.05) is 7.11 Å². The van der Waals surface area contributed by atoms with Gasteiger partial charge in [0.05, 0.1) is 16.6 Å². The van der Waals surface area contributed by atoms with E-state index in [4.69, 9.17) is 20.5 Å². The maximum absolute atomic E-state index is 12.7. The molecule has 0 spiro atoms. The number of hydrogen-bond donors (Lipinski definition) is 0. The highest BCUT2D eigenvalue weighted by atomic mass is 79.9. The minimum atomic E-state index is -4.14. The number of hydrogen-bond acceptors (Lipinski definition) is 4. The Hall–Kier alpha value is -0.760. The summed E-state index contributed by atoms with van der Waals surface area (Å²) >= 11 is 12.9. The van der Waals surface area contributed by atoms with Crippen molar-refractivity contribution in [2.24, 2.45) is 0 Å². The van der Waals surface area contributed by atoms with Crippen LogP contribution in [0, 0.1) is 0 Å². The SMILES string of the molecule is COc1ccc(Br)cc1S(=O)(=O)Oc1c(Cl)cc(C(C)(C)C)cc1Br. The Morgan fingerprint density at radius 1 is 1.08 bits per heavy atom. The molecule has 0 fully saturated rings. The summed E-state index contributed by atoms with van der Waals surface area (Å²) in [6, 6.07) is 8.14. The average Bonchev–Trinajstić information content (AvgIpc) is 2.49. The Kier molecular flexibility index (Phi) is 6.14. The third-order valence-corrected chi connectivity index (χ3v) is 6.06. The van der Waals surface area contributed by atoms with Gasteiger partial charge in [0.25, 0.3) is 0 Å². The Bertz CT molecular complexity index is 882. The maximum Gasteiger partial charge on any atom is 0.343 e. The molecule has 0 saturated carbocycles. The first-order chi connectivity index (χ1) is 11.5. The van der Waals surface area contributed by atoms with Crippen molar-refractivity contribution in [3.8, 4) is 11.5 Å².